The van der Waals surface area contributed by atoms with Gasteiger partial charge in [0.15, 0.2) is 0 Å². The molecular weight excluding hydrogens is 325 g/mol. The molecule has 0 saturated carbocycles. The molecular formula is C10H13INO4+. The fourth-order valence-electron chi connectivity index (χ4n) is 1.47. The van der Waals surface area contributed by atoms with Crippen molar-refractivity contribution in [2.24, 2.45) is 0 Å². The van der Waals surface area contributed by atoms with Gasteiger partial charge in [0.1, 0.15) is 0 Å². The third-order valence-electron chi connectivity index (χ3n) is 2.38. The van der Waals surface area contributed by atoms with Gasteiger partial charge in [-0.25, -0.2) is 0 Å². The molecule has 6 heteroatoms. The molecule has 5 nitrogen and oxygen atoms in total. The zero-order valence-corrected chi connectivity index (χ0v) is 11.4. The van der Waals surface area contributed by atoms with Crippen LogP contribution in [0.2, 0.25) is 0 Å². The first-order chi connectivity index (χ1) is 7.22. The van der Waals surface area contributed by atoms with Crippen molar-refractivity contribution in [1.29, 1.82) is 0 Å². The summed E-state index contributed by atoms with van der Waals surface area (Å²) in [5, 5.41) is 0. The van der Waals surface area contributed by atoms with Crippen LogP contribution in [0.3, 0.4) is 0 Å². The molecule has 1 atom stereocenters. The van der Waals surface area contributed by atoms with Gasteiger partial charge >= 0.3 is 98.2 Å². The first-order valence-corrected chi connectivity index (χ1v) is 8.43. The SMILES string of the molecule is C[N+](C)(C)c1ccc2c(c1)C(=O)OI2(=O)O. The maximum atomic E-state index is 11.6. The van der Waals surface area contributed by atoms with Crippen molar-refractivity contribution >= 4 is 30.9 Å². The van der Waals surface area contributed by atoms with Gasteiger partial charge in [-0.2, -0.15) is 0 Å². The molecule has 0 radical (unpaired) electrons. The second-order valence-corrected chi connectivity index (χ2v) is 8.59. The average Bonchev–Trinajstić information content (AvgIpc) is 2.36. The molecule has 2 rings (SSSR count). The van der Waals surface area contributed by atoms with E-state index in [2.05, 4.69) is 3.07 Å². The van der Waals surface area contributed by atoms with Gasteiger partial charge in [-0.3, -0.25) is 0 Å². The zero-order chi connectivity index (χ0) is 12.1. The summed E-state index contributed by atoms with van der Waals surface area (Å²) in [5.41, 5.74) is 1.11. The Balaban J connectivity index is 2.62. The van der Waals surface area contributed by atoms with E-state index in [0.717, 1.165) is 5.69 Å². The van der Waals surface area contributed by atoms with E-state index >= 15 is 0 Å². The summed E-state index contributed by atoms with van der Waals surface area (Å²) in [6, 6.07) is 4.88. The van der Waals surface area contributed by atoms with Crippen LogP contribution in [-0.4, -0.2) is 30.5 Å². The molecule has 1 heterocycles. The van der Waals surface area contributed by atoms with Crippen molar-refractivity contribution in [2.45, 2.75) is 0 Å². The molecule has 0 saturated heterocycles. The van der Waals surface area contributed by atoms with Crippen molar-refractivity contribution in [2.75, 3.05) is 21.1 Å². The molecule has 1 unspecified atom stereocenters. The van der Waals surface area contributed by atoms with E-state index in [1.54, 1.807) is 12.1 Å². The summed E-state index contributed by atoms with van der Waals surface area (Å²) in [6.45, 7) is 0. The van der Waals surface area contributed by atoms with Gasteiger partial charge < -0.3 is 0 Å². The number of hydrogen-bond acceptors (Lipinski definition) is 3. The molecule has 1 aromatic carbocycles. The second kappa shape index (κ2) is 3.31. The predicted molar refractivity (Wildman–Crippen MR) is 67.0 cm³/mol. The standard InChI is InChI=1S/C10H12INO4/c1-12(2,3)7-4-5-9-8(6-7)10(13)16-11(9,14)15/h4-6H,1-3H3/p+1. The minimum absolute atomic E-state index is 0.161. The minimum atomic E-state index is -4.65. The summed E-state index contributed by atoms with van der Waals surface area (Å²) in [5.74, 6) is -0.695. The Labute approximate surface area is 98.2 Å². The summed E-state index contributed by atoms with van der Waals surface area (Å²) in [7, 11) is 5.85. The molecule has 1 N–H and O–H groups in total. The molecule has 0 aliphatic carbocycles. The summed E-state index contributed by atoms with van der Waals surface area (Å²) >= 11 is -4.65. The molecule has 1 aliphatic rings. The first kappa shape index (κ1) is 11.6. The van der Waals surface area contributed by atoms with Crippen LogP contribution in [-0.2, 0) is 6.14 Å². The van der Waals surface area contributed by atoms with Crippen molar-refractivity contribution < 1.29 is 14.4 Å². The molecule has 1 aromatic rings. The second-order valence-electron chi connectivity index (χ2n) is 4.48. The molecule has 0 fully saturated rings. The van der Waals surface area contributed by atoms with Gasteiger partial charge in [-0.1, -0.05) is 0 Å². The van der Waals surface area contributed by atoms with Gasteiger partial charge in [0.2, 0.25) is 0 Å². The van der Waals surface area contributed by atoms with E-state index in [-0.39, 0.29) is 9.13 Å². The Morgan fingerprint density at radius 2 is 1.94 bits per heavy atom. The fraction of sp³-hybridized carbons (Fsp3) is 0.300. The number of fused-ring (bicyclic) bond motifs is 1. The van der Waals surface area contributed by atoms with Crippen LogP contribution in [0, 0.1) is 3.57 Å². The van der Waals surface area contributed by atoms with E-state index in [1.165, 1.54) is 6.07 Å². The molecule has 1 aliphatic heterocycles. The molecule has 0 bridgehead atoms. The molecule has 0 aromatic heterocycles. The van der Waals surface area contributed by atoms with Crippen LogP contribution in [0.1, 0.15) is 10.4 Å². The Bertz CT molecular complexity index is 518. The van der Waals surface area contributed by atoms with Gasteiger partial charge in [-0.05, 0) is 0 Å². The van der Waals surface area contributed by atoms with E-state index in [9.17, 15) is 11.3 Å². The van der Waals surface area contributed by atoms with E-state index in [4.69, 9.17) is 0 Å². The van der Waals surface area contributed by atoms with Crippen LogP contribution in [0.15, 0.2) is 18.2 Å². The third-order valence-corrected chi connectivity index (χ3v) is 5.78. The molecule has 0 amide bonds. The fourth-order valence-corrected chi connectivity index (χ4v) is 4.23. The first-order valence-electron chi connectivity index (χ1n) is 4.63. The zero-order valence-electron chi connectivity index (χ0n) is 9.23. The van der Waals surface area contributed by atoms with Gasteiger partial charge in [0.05, 0.1) is 0 Å². The normalized spacial score (nSPS) is 28.1. The monoisotopic (exact) mass is 338 g/mol. The Hall–Kier alpha value is -0.860. The number of halogens is 1. The van der Waals surface area contributed by atoms with Crippen LogP contribution in [0.25, 0.3) is 0 Å². The third kappa shape index (κ3) is 1.76. The number of carbonyl (C=O) groups excluding carboxylic acids is 1. The number of hydrogen-bond donors (Lipinski definition) is 1. The van der Waals surface area contributed by atoms with Crippen molar-refractivity contribution in [3.63, 3.8) is 0 Å². The predicted octanol–water partition coefficient (Wildman–Crippen LogP) is 1.43. The van der Waals surface area contributed by atoms with Crippen molar-refractivity contribution in [3.8, 4) is 0 Å². The number of carbonyl (C=O) groups is 1. The quantitative estimate of drug-likeness (QED) is 0.622. The average molecular weight is 338 g/mol. The molecule has 0 spiro atoms. The number of rotatable bonds is 1. The van der Waals surface area contributed by atoms with Gasteiger partial charge in [-0.15, -0.1) is 0 Å². The van der Waals surface area contributed by atoms with E-state index < -0.39 is 25.2 Å². The summed E-state index contributed by atoms with van der Waals surface area (Å²) < 4.78 is 26.3. The topological polar surface area (TPSA) is 63.6 Å². The van der Waals surface area contributed by atoms with Gasteiger partial charge in [0, 0.05) is 0 Å². The van der Waals surface area contributed by atoms with Crippen LogP contribution in [0.5, 0.6) is 0 Å². The van der Waals surface area contributed by atoms with Crippen LogP contribution >= 0.6 is 19.3 Å². The van der Waals surface area contributed by atoms with Crippen LogP contribution < -0.4 is 4.48 Å². The number of quaternary nitrogens is 1. The number of nitrogens with zero attached hydrogens (tertiary/aromatic N) is 1. The van der Waals surface area contributed by atoms with Crippen molar-refractivity contribution in [1.82, 2.24) is 4.48 Å². The Kier molecular flexibility index (Phi) is 2.41. The van der Waals surface area contributed by atoms with E-state index in [1.807, 2.05) is 21.1 Å². The number of benzene rings is 1. The molecule has 16 heavy (non-hydrogen) atoms. The Morgan fingerprint density at radius 1 is 1.31 bits per heavy atom. The maximum absolute atomic E-state index is 11.6. The van der Waals surface area contributed by atoms with E-state index in [0.29, 0.717) is 4.48 Å². The summed E-state index contributed by atoms with van der Waals surface area (Å²) in [6.07, 6.45) is 0. The molecule has 88 valence electrons. The van der Waals surface area contributed by atoms with Crippen LogP contribution in [0.4, 0.5) is 5.69 Å². The summed E-state index contributed by atoms with van der Waals surface area (Å²) in [4.78, 5) is 11.4. The van der Waals surface area contributed by atoms with Gasteiger partial charge in [0.25, 0.3) is 0 Å². The van der Waals surface area contributed by atoms with Crippen molar-refractivity contribution in [3.05, 3.63) is 27.3 Å². The Morgan fingerprint density at radius 3 is 2.50 bits per heavy atom.